The minimum atomic E-state index is -3.62. The molecule has 1 aromatic rings. The lowest BCUT2D eigenvalue weighted by atomic mass is 9.99. The molecule has 1 aliphatic carbocycles. The number of hydrogen-bond donors (Lipinski definition) is 2. The summed E-state index contributed by atoms with van der Waals surface area (Å²) < 4.78 is 27.4. The van der Waals surface area contributed by atoms with Gasteiger partial charge in [0.1, 0.15) is 0 Å². The smallest absolute Gasteiger partial charge is 0.240 e. The SMILES string of the molecule is N#Cc1cccc(S(=O)(=O)NC(CN)C2CCCC2)c1. The van der Waals surface area contributed by atoms with Crippen molar-refractivity contribution in [3.63, 3.8) is 0 Å². The minimum absolute atomic E-state index is 0.119. The Morgan fingerprint density at radius 2 is 2.10 bits per heavy atom. The molecule has 1 aromatic carbocycles. The van der Waals surface area contributed by atoms with Crippen molar-refractivity contribution in [3.05, 3.63) is 29.8 Å². The summed E-state index contributed by atoms with van der Waals surface area (Å²) in [6, 6.07) is 7.74. The number of rotatable bonds is 5. The largest absolute Gasteiger partial charge is 0.329 e. The molecule has 2 rings (SSSR count). The number of nitriles is 1. The van der Waals surface area contributed by atoms with E-state index in [4.69, 9.17) is 11.0 Å². The fraction of sp³-hybridized carbons (Fsp3) is 0.500. The second-order valence-corrected chi connectivity index (χ2v) is 6.86. The van der Waals surface area contributed by atoms with E-state index in [9.17, 15) is 8.42 Å². The molecule has 1 aliphatic rings. The van der Waals surface area contributed by atoms with E-state index >= 15 is 0 Å². The molecule has 5 nitrogen and oxygen atoms in total. The Morgan fingerprint density at radius 3 is 2.70 bits per heavy atom. The lowest BCUT2D eigenvalue weighted by molar-refractivity contribution is 0.405. The zero-order chi connectivity index (χ0) is 14.6. The van der Waals surface area contributed by atoms with Crippen molar-refractivity contribution in [3.8, 4) is 6.07 Å². The molecule has 0 amide bonds. The van der Waals surface area contributed by atoms with Crippen molar-refractivity contribution in [1.29, 1.82) is 5.26 Å². The summed E-state index contributed by atoms with van der Waals surface area (Å²) in [7, 11) is -3.62. The van der Waals surface area contributed by atoms with Crippen LogP contribution in [0.3, 0.4) is 0 Å². The van der Waals surface area contributed by atoms with Crippen molar-refractivity contribution < 1.29 is 8.42 Å². The number of nitrogens with two attached hydrogens (primary N) is 1. The number of nitrogens with one attached hydrogen (secondary N) is 1. The summed E-state index contributed by atoms with van der Waals surface area (Å²) in [5.74, 6) is 0.314. The van der Waals surface area contributed by atoms with Crippen LogP contribution in [0.1, 0.15) is 31.2 Å². The van der Waals surface area contributed by atoms with Crippen LogP contribution in [0.4, 0.5) is 0 Å². The Kier molecular flexibility index (Phi) is 4.76. The Labute approximate surface area is 119 Å². The van der Waals surface area contributed by atoms with Crippen LogP contribution in [0.25, 0.3) is 0 Å². The molecular formula is C14H19N3O2S. The molecule has 6 heteroatoms. The van der Waals surface area contributed by atoms with E-state index in [-0.39, 0.29) is 10.9 Å². The van der Waals surface area contributed by atoms with E-state index < -0.39 is 10.0 Å². The van der Waals surface area contributed by atoms with Crippen molar-refractivity contribution in [2.24, 2.45) is 11.7 Å². The van der Waals surface area contributed by atoms with Gasteiger partial charge in [-0.05, 0) is 37.0 Å². The Balaban J connectivity index is 2.18. The molecule has 20 heavy (non-hydrogen) atoms. The van der Waals surface area contributed by atoms with Gasteiger partial charge in [0.25, 0.3) is 0 Å². The first-order valence-corrected chi connectivity index (χ1v) is 8.27. The first-order chi connectivity index (χ1) is 9.56. The van der Waals surface area contributed by atoms with E-state index in [1.807, 2.05) is 6.07 Å². The van der Waals surface area contributed by atoms with Gasteiger partial charge in [-0.15, -0.1) is 0 Å². The standard InChI is InChI=1S/C14H19N3O2S/c15-9-11-4-3-7-13(8-11)20(18,19)17-14(10-16)12-5-1-2-6-12/h3-4,7-8,12,14,17H,1-2,5-6,10,16H2. The van der Waals surface area contributed by atoms with Gasteiger partial charge < -0.3 is 5.73 Å². The third kappa shape index (κ3) is 3.37. The van der Waals surface area contributed by atoms with Crippen LogP contribution >= 0.6 is 0 Å². The highest BCUT2D eigenvalue weighted by Crippen LogP contribution is 2.28. The summed E-state index contributed by atoms with van der Waals surface area (Å²) in [5, 5.41) is 8.84. The van der Waals surface area contributed by atoms with E-state index in [0.29, 0.717) is 18.0 Å². The number of nitrogens with zero attached hydrogens (tertiary/aromatic N) is 1. The second-order valence-electron chi connectivity index (χ2n) is 5.15. The van der Waals surface area contributed by atoms with Gasteiger partial charge >= 0.3 is 0 Å². The van der Waals surface area contributed by atoms with Crippen LogP contribution in [0.15, 0.2) is 29.2 Å². The molecule has 1 atom stereocenters. The Hall–Kier alpha value is -1.42. The maximum absolute atomic E-state index is 12.4. The summed E-state index contributed by atoms with van der Waals surface area (Å²) in [6.07, 6.45) is 4.30. The Bertz CT molecular complexity index is 601. The molecule has 0 aliphatic heterocycles. The molecule has 0 heterocycles. The lowest BCUT2D eigenvalue weighted by Gasteiger charge is -2.23. The molecular weight excluding hydrogens is 274 g/mol. The topological polar surface area (TPSA) is 96.0 Å². The predicted molar refractivity (Wildman–Crippen MR) is 76.3 cm³/mol. The third-order valence-corrected chi connectivity index (χ3v) is 5.29. The molecule has 0 spiro atoms. The van der Waals surface area contributed by atoms with Gasteiger partial charge in [0, 0.05) is 12.6 Å². The molecule has 108 valence electrons. The van der Waals surface area contributed by atoms with Gasteiger partial charge in [-0.25, -0.2) is 13.1 Å². The van der Waals surface area contributed by atoms with Crippen LogP contribution in [0.2, 0.25) is 0 Å². The highest BCUT2D eigenvalue weighted by Gasteiger charge is 2.28. The second kappa shape index (κ2) is 6.35. The van der Waals surface area contributed by atoms with E-state index in [0.717, 1.165) is 25.7 Å². The average molecular weight is 293 g/mol. The monoisotopic (exact) mass is 293 g/mol. The predicted octanol–water partition coefficient (Wildman–Crippen LogP) is 1.35. The molecule has 3 N–H and O–H groups in total. The molecule has 0 aromatic heterocycles. The molecule has 0 radical (unpaired) electrons. The third-order valence-electron chi connectivity index (χ3n) is 3.80. The van der Waals surface area contributed by atoms with Crippen molar-refractivity contribution in [2.75, 3.05) is 6.54 Å². The molecule has 1 fully saturated rings. The van der Waals surface area contributed by atoms with E-state index in [1.54, 1.807) is 12.1 Å². The van der Waals surface area contributed by atoms with Crippen LogP contribution in [-0.2, 0) is 10.0 Å². The first-order valence-electron chi connectivity index (χ1n) is 6.79. The molecule has 1 saturated carbocycles. The number of benzene rings is 1. The fourth-order valence-electron chi connectivity index (χ4n) is 2.70. The quantitative estimate of drug-likeness (QED) is 0.856. The summed E-state index contributed by atoms with van der Waals surface area (Å²) in [4.78, 5) is 0.119. The zero-order valence-electron chi connectivity index (χ0n) is 11.2. The Morgan fingerprint density at radius 1 is 1.40 bits per heavy atom. The van der Waals surface area contributed by atoms with Crippen LogP contribution < -0.4 is 10.5 Å². The number of sulfonamides is 1. The summed E-state index contributed by atoms with van der Waals surface area (Å²) >= 11 is 0. The van der Waals surface area contributed by atoms with Gasteiger partial charge in [-0.2, -0.15) is 5.26 Å². The van der Waals surface area contributed by atoms with Crippen LogP contribution in [0, 0.1) is 17.2 Å². The van der Waals surface area contributed by atoms with Crippen molar-refractivity contribution in [2.45, 2.75) is 36.6 Å². The fourth-order valence-corrected chi connectivity index (χ4v) is 4.06. The lowest BCUT2D eigenvalue weighted by Crippen LogP contribution is -2.44. The molecule has 0 bridgehead atoms. The first kappa shape index (κ1) is 15.0. The molecule has 1 unspecified atom stereocenters. The summed E-state index contributed by atoms with van der Waals surface area (Å²) in [5.41, 5.74) is 6.05. The normalized spacial score (nSPS) is 17.8. The van der Waals surface area contributed by atoms with Crippen LogP contribution in [0.5, 0.6) is 0 Å². The van der Waals surface area contributed by atoms with Gasteiger partial charge in [-0.3, -0.25) is 0 Å². The maximum atomic E-state index is 12.4. The van der Waals surface area contributed by atoms with Gasteiger partial charge in [0.15, 0.2) is 0 Å². The van der Waals surface area contributed by atoms with E-state index in [2.05, 4.69) is 4.72 Å². The highest BCUT2D eigenvalue weighted by atomic mass is 32.2. The van der Waals surface area contributed by atoms with Crippen molar-refractivity contribution >= 4 is 10.0 Å². The minimum Gasteiger partial charge on any atom is -0.329 e. The highest BCUT2D eigenvalue weighted by molar-refractivity contribution is 7.89. The number of hydrogen-bond acceptors (Lipinski definition) is 4. The van der Waals surface area contributed by atoms with Gasteiger partial charge in [0.05, 0.1) is 16.5 Å². The average Bonchev–Trinajstić information content (AvgIpc) is 2.99. The van der Waals surface area contributed by atoms with E-state index in [1.165, 1.54) is 12.1 Å². The molecule has 0 saturated heterocycles. The van der Waals surface area contributed by atoms with Crippen LogP contribution in [-0.4, -0.2) is 21.0 Å². The van der Waals surface area contributed by atoms with Gasteiger partial charge in [-0.1, -0.05) is 18.9 Å². The summed E-state index contributed by atoms with van der Waals surface area (Å²) in [6.45, 7) is 0.293. The maximum Gasteiger partial charge on any atom is 0.240 e. The van der Waals surface area contributed by atoms with Gasteiger partial charge in [0.2, 0.25) is 10.0 Å². The van der Waals surface area contributed by atoms with Crippen molar-refractivity contribution in [1.82, 2.24) is 4.72 Å². The zero-order valence-corrected chi connectivity index (χ0v) is 12.1.